The number of para-hydroxylation sites is 1. The summed E-state index contributed by atoms with van der Waals surface area (Å²) in [4.78, 5) is 11.2. The molecule has 0 aliphatic rings. The van der Waals surface area contributed by atoms with Crippen molar-refractivity contribution < 1.29 is 9.53 Å². The Labute approximate surface area is 106 Å². The van der Waals surface area contributed by atoms with Crippen LogP contribution < -0.4 is 10.5 Å². The van der Waals surface area contributed by atoms with E-state index in [9.17, 15) is 4.79 Å². The van der Waals surface area contributed by atoms with Gasteiger partial charge in [0.2, 0.25) is 5.91 Å². The zero-order valence-electron chi connectivity index (χ0n) is 10.2. The average molecular weight is 241 g/mol. The van der Waals surface area contributed by atoms with Gasteiger partial charge < -0.3 is 10.5 Å². The van der Waals surface area contributed by atoms with Crippen molar-refractivity contribution in [2.24, 2.45) is 5.73 Å². The summed E-state index contributed by atoms with van der Waals surface area (Å²) in [5, 5.41) is 0. The maximum absolute atomic E-state index is 11.2. The Morgan fingerprint density at radius 1 is 1.11 bits per heavy atom. The highest BCUT2D eigenvalue weighted by atomic mass is 16.5. The topological polar surface area (TPSA) is 52.3 Å². The molecular weight excluding hydrogens is 226 g/mol. The van der Waals surface area contributed by atoms with Gasteiger partial charge >= 0.3 is 0 Å². The number of ether oxygens (including phenoxy) is 1. The molecule has 0 heterocycles. The minimum Gasteiger partial charge on any atom is -0.457 e. The minimum absolute atomic E-state index is 0.405. The molecule has 0 fully saturated rings. The van der Waals surface area contributed by atoms with Crippen LogP contribution in [0.3, 0.4) is 0 Å². The van der Waals surface area contributed by atoms with Gasteiger partial charge in [0.1, 0.15) is 11.5 Å². The minimum atomic E-state index is -0.405. The number of primary amides is 1. The zero-order chi connectivity index (χ0) is 13.0. The van der Waals surface area contributed by atoms with E-state index in [0.717, 1.165) is 17.7 Å². The molecule has 2 N–H and O–H groups in total. The fourth-order valence-corrected chi connectivity index (χ4v) is 1.79. The third-order valence-corrected chi connectivity index (χ3v) is 2.70. The number of nitrogens with two attached hydrogens (primary N) is 1. The molecule has 2 aromatic rings. The van der Waals surface area contributed by atoms with Crippen molar-refractivity contribution >= 4 is 5.91 Å². The predicted molar refractivity (Wildman–Crippen MR) is 70.9 cm³/mol. The SMILES string of the molecule is CCc1cc(Oc2ccccc2)ccc1C(N)=O. The maximum atomic E-state index is 11.2. The lowest BCUT2D eigenvalue weighted by atomic mass is 10.0. The number of carbonyl (C=O) groups is 1. The first-order valence-electron chi connectivity index (χ1n) is 5.86. The monoisotopic (exact) mass is 241 g/mol. The van der Waals surface area contributed by atoms with Crippen LogP contribution >= 0.6 is 0 Å². The summed E-state index contributed by atoms with van der Waals surface area (Å²) < 4.78 is 5.70. The third kappa shape index (κ3) is 2.69. The molecule has 3 nitrogen and oxygen atoms in total. The fourth-order valence-electron chi connectivity index (χ4n) is 1.79. The van der Waals surface area contributed by atoms with Gasteiger partial charge in [-0.05, 0) is 42.3 Å². The number of carbonyl (C=O) groups excluding carboxylic acids is 1. The first kappa shape index (κ1) is 12.2. The second-order valence-corrected chi connectivity index (χ2v) is 3.95. The van der Waals surface area contributed by atoms with Gasteiger partial charge in [0.25, 0.3) is 0 Å². The lowest BCUT2D eigenvalue weighted by Crippen LogP contribution is -2.13. The third-order valence-electron chi connectivity index (χ3n) is 2.70. The Balaban J connectivity index is 2.28. The van der Waals surface area contributed by atoms with Crippen molar-refractivity contribution in [2.75, 3.05) is 0 Å². The van der Waals surface area contributed by atoms with Gasteiger partial charge in [0, 0.05) is 5.56 Å². The maximum Gasteiger partial charge on any atom is 0.248 e. The van der Waals surface area contributed by atoms with Crippen molar-refractivity contribution in [3.63, 3.8) is 0 Å². The molecule has 0 spiro atoms. The van der Waals surface area contributed by atoms with Gasteiger partial charge in [-0.2, -0.15) is 0 Å². The second kappa shape index (κ2) is 5.36. The van der Waals surface area contributed by atoms with E-state index < -0.39 is 5.91 Å². The van der Waals surface area contributed by atoms with E-state index in [-0.39, 0.29) is 0 Å². The smallest absolute Gasteiger partial charge is 0.248 e. The van der Waals surface area contributed by atoms with E-state index in [1.807, 2.05) is 43.3 Å². The van der Waals surface area contributed by atoms with E-state index in [1.165, 1.54) is 0 Å². The normalized spacial score (nSPS) is 10.1. The number of hydrogen-bond acceptors (Lipinski definition) is 2. The Morgan fingerprint density at radius 2 is 1.83 bits per heavy atom. The lowest BCUT2D eigenvalue weighted by molar-refractivity contribution is 0.0999. The molecule has 0 saturated carbocycles. The number of amides is 1. The Morgan fingerprint density at radius 3 is 2.44 bits per heavy atom. The van der Waals surface area contributed by atoms with E-state index in [1.54, 1.807) is 12.1 Å². The fraction of sp³-hybridized carbons (Fsp3) is 0.133. The Bertz CT molecular complexity index is 550. The molecule has 0 radical (unpaired) electrons. The molecular formula is C15H15NO2. The number of aryl methyl sites for hydroxylation is 1. The first-order valence-corrected chi connectivity index (χ1v) is 5.86. The van der Waals surface area contributed by atoms with Crippen LogP contribution in [-0.4, -0.2) is 5.91 Å². The van der Waals surface area contributed by atoms with Crippen LogP contribution in [0.4, 0.5) is 0 Å². The Kier molecular flexibility index (Phi) is 3.63. The second-order valence-electron chi connectivity index (χ2n) is 3.95. The van der Waals surface area contributed by atoms with Crippen LogP contribution in [-0.2, 0) is 6.42 Å². The van der Waals surface area contributed by atoms with E-state index in [2.05, 4.69) is 0 Å². The lowest BCUT2D eigenvalue weighted by Gasteiger charge is -2.09. The predicted octanol–water partition coefficient (Wildman–Crippen LogP) is 3.14. The van der Waals surface area contributed by atoms with Crippen molar-refractivity contribution in [3.05, 3.63) is 59.7 Å². The molecule has 0 bridgehead atoms. The van der Waals surface area contributed by atoms with E-state index in [4.69, 9.17) is 10.5 Å². The molecule has 2 rings (SSSR count). The summed E-state index contributed by atoms with van der Waals surface area (Å²) in [5.41, 5.74) is 6.77. The standard InChI is InChI=1S/C15H15NO2/c1-2-11-10-13(8-9-14(11)15(16)17)18-12-6-4-3-5-7-12/h3-10H,2H2,1H3,(H2,16,17). The summed E-state index contributed by atoms with van der Waals surface area (Å²) >= 11 is 0. The highest BCUT2D eigenvalue weighted by Crippen LogP contribution is 2.24. The average Bonchev–Trinajstić information content (AvgIpc) is 2.39. The molecule has 0 saturated heterocycles. The van der Waals surface area contributed by atoms with Gasteiger partial charge in [0.05, 0.1) is 0 Å². The summed E-state index contributed by atoms with van der Waals surface area (Å²) in [7, 11) is 0. The molecule has 92 valence electrons. The van der Waals surface area contributed by atoms with Crippen LogP contribution in [0.15, 0.2) is 48.5 Å². The quantitative estimate of drug-likeness (QED) is 0.894. The van der Waals surface area contributed by atoms with Gasteiger partial charge in [-0.15, -0.1) is 0 Å². The molecule has 3 heteroatoms. The van der Waals surface area contributed by atoms with Crippen LogP contribution in [0.2, 0.25) is 0 Å². The van der Waals surface area contributed by atoms with Crippen LogP contribution in [0.5, 0.6) is 11.5 Å². The molecule has 0 unspecified atom stereocenters. The molecule has 0 aliphatic carbocycles. The van der Waals surface area contributed by atoms with Crippen molar-refractivity contribution in [2.45, 2.75) is 13.3 Å². The molecule has 0 aliphatic heterocycles. The largest absolute Gasteiger partial charge is 0.457 e. The highest BCUT2D eigenvalue weighted by Gasteiger charge is 2.08. The number of hydrogen-bond donors (Lipinski definition) is 1. The molecule has 1 amide bonds. The summed E-state index contributed by atoms with van der Waals surface area (Å²) in [6, 6.07) is 14.8. The van der Waals surface area contributed by atoms with Gasteiger partial charge in [0.15, 0.2) is 0 Å². The van der Waals surface area contributed by atoms with E-state index >= 15 is 0 Å². The van der Waals surface area contributed by atoms with Crippen LogP contribution in [0.25, 0.3) is 0 Å². The molecule has 2 aromatic carbocycles. The van der Waals surface area contributed by atoms with Crippen molar-refractivity contribution in [3.8, 4) is 11.5 Å². The molecule has 0 aromatic heterocycles. The zero-order valence-corrected chi connectivity index (χ0v) is 10.2. The molecule has 18 heavy (non-hydrogen) atoms. The summed E-state index contributed by atoms with van der Waals surface area (Å²) in [6.07, 6.45) is 0.740. The van der Waals surface area contributed by atoms with Crippen LogP contribution in [0.1, 0.15) is 22.8 Å². The number of benzene rings is 2. The van der Waals surface area contributed by atoms with Crippen LogP contribution in [0, 0.1) is 0 Å². The molecule has 0 atom stereocenters. The Hall–Kier alpha value is -2.29. The summed E-state index contributed by atoms with van der Waals surface area (Å²) in [6.45, 7) is 1.98. The van der Waals surface area contributed by atoms with Crippen molar-refractivity contribution in [1.29, 1.82) is 0 Å². The van der Waals surface area contributed by atoms with Gasteiger partial charge in [-0.1, -0.05) is 25.1 Å². The highest BCUT2D eigenvalue weighted by molar-refractivity contribution is 5.94. The van der Waals surface area contributed by atoms with E-state index in [0.29, 0.717) is 11.3 Å². The van der Waals surface area contributed by atoms with Crippen molar-refractivity contribution in [1.82, 2.24) is 0 Å². The van der Waals surface area contributed by atoms with Gasteiger partial charge in [-0.3, -0.25) is 4.79 Å². The first-order chi connectivity index (χ1) is 8.70. The summed E-state index contributed by atoms with van der Waals surface area (Å²) in [5.74, 6) is 1.08. The van der Waals surface area contributed by atoms with Gasteiger partial charge in [-0.25, -0.2) is 0 Å². The number of rotatable bonds is 4.